The fraction of sp³-hybridized carbons (Fsp3) is 0. The summed E-state index contributed by atoms with van der Waals surface area (Å²) in [4.78, 5) is 16.4. The number of aromatic nitrogens is 1. The van der Waals surface area contributed by atoms with Crippen molar-refractivity contribution < 1.29 is 9.53 Å². The second-order valence-corrected chi connectivity index (χ2v) is 5.67. The van der Waals surface area contributed by atoms with E-state index >= 15 is 0 Å². The zero-order valence-electron chi connectivity index (χ0n) is 10.7. The Morgan fingerprint density at radius 1 is 1.14 bits per heavy atom. The largest absolute Gasteiger partial charge is 0.421 e. The van der Waals surface area contributed by atoms with E-state index in [0.717, 1.165) is 9.86 Å². The van der Waals surface area contributed by atoms with Crippen LogP contribution in [-0.2, 0) is 0 Å². The lowest BCUT2D eigenvalue weighted by molar-refractivity contribution is 0.0736. The fourth-order valence-electron chi connectivity index (χ4n) is 1.97. The maximum atomic E-state index is 12.2. The Morgan fingerprint density at radius 3 is 2.81 bits per heavy atom. The first kappa shape index (κ1) is 14.0. The molecule has 0 unspecified atom stereocenters. The second-order valence-electron chi connectivity index (χ2n) is 4.34. The maximum Gasteiger partial charge on any atom is 0.343 e. The molecule has 5 heteroatoms. The first-order chi connectivity index (χ1) is 10.1. The molecular formula is C16H9BrClNO2. The highest BCUT2D eigenvalue weighted by atomic mass is 79.9. The molecule has 1 aromatic heterocycles. The third-order valence-corrected chi connectivity index (χ3v) is 3.77. The van der Waals surface area contributed by atoms with Crippen LogP contribution in [0.3, 0.4) is 0 Å². The van der Waals surface area contributed by atoms with E-state index in [1.165, 1.54) is 0 Å². The number of fused-ring (bicyclic) bond motifs is 1. The van der Waals surface area contributed by atoms with Crippen molar-refractivity contribution in [2.75, 3.05) is 0 Å². The van der Waals surface area contributed by atoms with Gasteiger partial charge in [-0.15, -0.1) is 0 Å². The monoisotopic (exact) mass is 361 g/mol. The van der Waals surface area contributed by atoms with Crippen LogP contribution in [0.5, 0.6) is 5.75 Å². The highest BCUT2D eigenvalue weighted by Crippen LogP contribution is 2.30. The molecule has 0 amide bonds. The lowest BCUT2D eigenvalue weighted by Gasteiger charge is -2.08. The van der Waals surface area contributed by atoms with Crippen LogP contribution in [0.2, 0.25) is 5.02 Å². The van der Waals surface area contributed by atoms with Crippen molar-refractivity contribution in [1.29, 1.82) is 0 Å². The van der Waals surface area contributed by atoms with Crippen molar-refractivity contribution in [1.82, 2.24) is 4.98 Å². The predicted molar refractivity (Wildman–Crippen MR) is 85.9 cm³/mol. The number of nitrogens with zero attached hydrogens (tertiary/aromatic N) is 1. The van der Waals surface area contributed by atoms with E-state index < -0.39 is 5.97 Å². The first-order valence-corrected chi connectivity index (χ1v) is 7.33. The van der Waals surface area contributed by atoms with Gasteiger partial charge in [0.2, 0.25) is 0 Å². The molecule has 3 aromatic rings. The van der Waals surface area contributed by atoms with Gasteiger partial charge in [0.25, 0.3) is 0 Å². The summed E-state index contributed by atoms with van der Waals surface area (Å²) in [6.07, 6.45) is 1.63. The number of ether oxygens (including phenoxy) is 1. The van der Waals surface area contributed by atoms with Crippen molar-refractivity contribution in [3.63, 3.8) is 0 Å². The molecule has 0 aliphatic heterocycles. The van der Waals surface area contributed by atoms with E-state index in [2.05, 4.69) is 20.9 Å². The average Bonchev–Trinajstić information content (AvgIpc) is 2.50. The number of esters is 1. The van der Waals surface area contributed by atoms with E-state index in [4.69, 9.17) is 16.3 Å². The molecule has 104 valence electrons. The second kappa shape index (κ2) is 5.84. The van der Waals surface area contributed by atoms with E-state index in [-0.39, 0.29) is 0 Å². The zero-order chi connectivity index (χ0) is 14.8. The molecule has 21 heavy (non-hydrogen) atoms. The van der Waals surface area contributed by atoms with Gasteiger partial charge in [-0.3, -0.25) is 4.98 Å². The number of rotatable bonds is 2. The summed E-state index contributed by atoms with van der Waals surface area (Å²) in [5.74, 6) is -0.0504. The van der Waals surface area contributed by atoms with Crippen molar-refractivity contribution in [2.45, 2.75) is 0 Å². The van der Waals surface area contributed by atoms with Gasteiger partial charge in [-0.2, -0.15) is 0 Å². The highest BCUT2D eigenvalue weighted by molar-refractivity contribution is 9.10. The molecule has 0 saturated heterocycles. The Hall–Kier alpha value is -1.91. The molecule has 0 saturated carbocycles. The molecule has 0 spiro atoms. The van der Waals surface area contributed by atoms with Crippen molar-refractivity contribution >= 4 is 44.4 Å². The molecular weight excluding hydrogens is 354 g/mol. The number of hydrogen-bond donors (Lipinski definition) is 0. The van der Waals surface area contributed by atoms with E-state index in [1.807, 2.05) is 12.1 Å². The minimum Gasteiger partial charge on any atom is -0.421 e. The number of hydrogen-bond acceptors (Lipinski definition) is 3. The van der Waals surface area contributed by atoms with Crippen LogP contribution in [0.25, 0.3) is 10.9 Å². The van der Waals surface area contributed by atoms with Crippen LogP contribution in [0, 0.1) is 0 Å². The molecule has 0 aliphatic carbocycles. The van der Waals surface area contributed by atoms with Crippen LogP contribution >= 0.6 is 27.5 Å². The third-order valence-electron chi connectivity index (χ3n) is 2.94. The van der Waals surface area contributed by atoms with Crippen LogP contribution in [0.4, 0.5) is 0 Å². The number of carbonyl (C=O) groups is 1. The minimum absolute atomic E-state index is 0.389. The van der Waals surface area contributed by atoms with Crippen LogP contribution in [0.15, 0.2) is 59.2 Å². The predicted octanol–water partition coefficient (Wildman–Crippen LogP) is 4.87. The lowest BCUT2D eigenvalue weighted by Crippen LogP contribution is -2.08. The summed E-state index contributed by atoms with van der Waals surface area (Å²) in [6, 6.07) is 14.0. The van der Waals surface area contributed by atoms with Gasteiger partial charge < -0.3 is 4.74 Å². The smallest absolute Gasteiger partial charge is 0.343 e. The minimum atomic E-state index is -0.439. The molecule has 0 aliphatic rings. The summed E-state index contributed by atoms with van der Waals surface area (Å²) in [5.41, 5.74) is 1.02. The van der Waals surface area contributed by atoms with E-state index in [9.17, 15) is 4.79 Å². The average molecular weight is 363 g/mol. The van der Waals surface area contributed by atoms with E-state index in [1.54, 1.807) is 42.6 Å². The molecule has 0 bridgehead atoms. The highest BCUT2D eigenvalue weighted by Gasteiger charge is 2.13. The Labute approximate surface area is 134 Å². The summed E-state index contributed by atoms with van der Waals surface area (Å²) in [5, 5.41) is 1.32. The number of benzene rings is 2. The summed E-state index contributed by atoms with van der Waals surface area (Å²) in [6.45, 7) is 0. The van der Waals surface area contributed by atoms with Crippen LogP contribution < -0.4 is 4.74 Å². The maximum absolute atomic E-state index is 12.2. The van der Waals surface area contributed by atoms with Gasteiger partial charge in [-0.25, -0.2) is 4.79 Å². The summed E-state index contributed by atoms with van der Waals surface area (Å²) in [7, 11) is 0. The van der Waals surface area contributed by atoms with Gasteiger partial charge in [0.1, 0.15) is 5.52 Å². The molecule has 0 fully saturated rings. The van der Waals surface area contributed by atoms with Crippen molar-refractivity contribution in [3.05, 3.63) is 69.8 Å². The van der Waals surface area contributed by atoms with Gasteiger partial charge >= 0.3 is 5.97 Å². The molecule has 2 aromatic carbocycles. The van der Waals surface area contributed by atoms with Gasteiger partial charge in [0.15, 0.2) is 5.75 Å². The standard InChI is InChI=1S/C16H9BrClNO2/c17-11-4-1-3-10(9-11)16(20)21-14-7-6-13(18)12-5-2-8-19-15(12)14/h1-9H. The van der Waals surface area contributed by atoms with Gasteiger partial charge in [-0.05, 0) is 42.5 Å². The van der Waals surface area contributed by atoms with Crippen molar-refractivity contribution in [2.24, 2.45) is 0 Å². The topological polar surface area (TPSA) is 39.2 Å². The lowest BCUT2D eigenvalue weighted by atomic mass is 10.2. The fourth-order valence-corrected chi connectivity index (χ4v) is 2.58. The van der Waals surface area contributed by atoms with Crippen LogP contribution in [0.1, 0.15) is 10.4 Å². The molecule has 0 atom stereocenters. The third kappa shape index (κ3) is 2.91. The quantitative estimate of drug-likeness (QED) is 0.482. The number of pyridine rings is 1. The molecule has 3 nitrogen and oxygen atoms in total. The van der Waals surface area contributed by atoms with Gasteiger partial charge in [0.05, 0.1) is 10.6 Å². The zero-order valence-corrected chi connectivity index (χ0v) is 13.1. The van der Waals surface area contributed by atoms with Gasteiger partial charge in [-0.1, -0.05) is 33.6 Å². The van der Waals surface area contributed by atoms with Gasteiger partial charge in [0, 0.05) is 16.1 Å². The number of carbonyl (C=O) groups excluding carboxylic acids is 1. The van der Waals surface area contributed by atoms with Crippen LogP contribution in [-0.4, -0.2) is 11.0 Å². The Morgan fingerprint density at radius 2 is 2.00 bits per heavy atom. The molecule has 1 heterocycles. The Bertz CT molecular complexity index is 835. The normalized spacial score (nSPS) is 10.6. The SMILES string of the molecule is O=C(Oc1ccc(Cl)c2cccnc12)c1cccc(Br)c1. The number of halogens is 2. The first-order valence-electron chi connectivity index (χ1n) is 6.16. The Kier molecular flexibility index (Phi) is 3.90. The summed E-state index contributed by atoms with van der Waals surface area (Å²) >= 11 is 9.44. The molecule has 0 N–H and O–H groups in total. The molecule has 3 rings (SSSR count). The molecule has 0 radical (unpaired) electrons. The summed E-state index contributed by atoms with van der Waals surface area (Å²) < 4.78 is 6.26. The Balaban J connectivity index is 1.99. The van der Waals surface area contributed by atoms with E-state index in [0.29, 0.717) is 21.9 Å². The van der Waals surface area contributed by atoms with Crippen molar-refractivity contribution in [3.8, 4) is 5.75 Å².